The predicted octanol–water partition coefficient (Wildman–Crippen LogP) is 3.08. The third kappa shape index (κ3) is 3.22. The second-order valence-corrected chi connectivity index (χ2v) is 7.27. The molecule has 3 rings (SSSR count). The van der Waals surface area contributed by atoms with Crippen LogP contribution in [0.1, 0.15) is 18.4 Å². The molecule has 116 valence electrons. The fraction of sp³-hybridized carbons (Fsp3) is 0.625. The molecule has 1 aromatic rings. The van der Waals surface area contributed by atoms with Crippen LogP contribution >= 0.6 is 23.2 Å². The summed E-state index contributed by atoms with van der Waals surface area (Å²) >= 11 is 12.4. The molecular weight excluding hydrogens is 307 g/mol. The standard InChI is InChI=1S/C16H23Cl2N2O/c17-14-2-1-13(16(18)7-14)10-20(15-4-6-21-11-15)5-3-12(8-19)9-20/h1-2,7,12,15H,3-6,8-11,19H2/q+1/t12-,15+,20?/m0/s1. The Morgan fingerprint density at radius 3 is 2.76 bits per heavy atom. The molecule has 3 atom stereocenters. The predicted molar refractivity (Wildman–Crippen MR) is 86.5 cm³/mol. The van der Waals surface area contributed by atoms with Gasteiger partial charge in [0.25, 0.3) is 0 Å². The summed E-state index contributed by atoms with van der Waals surface area (Å²) in [6.45, 7) is 5.80. The van der Waals surface area contributed by atoms with Crippen LogP contribution in [0.4, 0.5) is 0 Å². The summed E-state index contributed by atoms with van der Waals surface area (Å²) in [7, 11) is 0. The van der Waals surface area contributed by atoms with Gasteiger partial charge in [-0.05, 0) is 12.1 Å². The molecule has 21 heavy (non-hydrogen) atoms. The van der Waals surface area contributed by atoms with Crippen LogP contribution in [0.15, 0.2) is 18.2 Å². The molecule has 1 aromatic carbocycles. The summed E-state index contributed by atoms with van der Waals surface area (Å²) in [4.78, 5) is 0. The highest BCUT2D eigenvalue weighted by atomic mass is 35.5. The van der Waals surface area contributed by atoms with Gasteiger partial charge in [-0.25, -0.2) is 0 Å². The van der Waals surface area contributed by atoms with Gasteiger partial charge >= 0.3 is 0 Å². The van der Waals surface area contributed by atoms with E-state index in [2.05, 4.69) is 6.07 Å². The summed E-state index contributed by atoms with van der Waals surface area (Å²) in [5, 5.41) is 1.47. The van der Waals surface area contributed by atoms with E-state index in [4.69, 9.17) is 33.7 Å². The van der Waals surface area contributed by atoms with Crippen LogP contribution in [0.5, 0.6) is 0 Å². The van der Waals surface area contributed by atoms with Crippen LogP contribution in [0.25, 0.3) is 0 Å². The minimum atomic E-state index is 0.577. The summed E-state index contributed by atoms with van der Waals surface area (Å²) in [5.74, 6) is 0.622. The summed E-state index contributed by atoms with van der Waals surface area (Å²) in [5.41, 5.74) is 7.10. The maximum Gasteiger partial charge on any atom is 0.115 e. The minimum Gasteiger partial charge on any atom is -0.375 e. The topological polar surface area (TPSA) is 35.2 Å². The maximum atomic E-state index is 6.40. The number of rotatable bonds is 4. The van der Waals surface area contributed by atoms with E-state index >= 15 is 0 Å². The number of nitrogens with two attached hydrogens (primary N) is 1. The summed E-state index contributed by atoms with van der Waals surface area (Å²) < 4.78 is 6.72. The van der Waals surface area contributed by atoms with E-state index in [9.17, 15) is 0 Å². The Bertz CT molecular complexity index is 505. The largest absolute Gasteiger partial charge is 0.375 e. The minimum absolute atomic E-state index is 0.577. The Morgan fingerprint density at radius 2 is 2.14 bits per heavy atom. The van der Waals surface area contributed by atoms with Gasteiger partial charge in [0, 0.05) is 35.9 Å². The fourth-order valence-corrected chi connectivity index (χ4v) is 4.34. The van der Waals surface area contributed by atoms with Crippen molar-refractivity contribution in [2.45, 2.75) is 25.4 Å². The molecule has 2 aliphatic heterocycles. The Morgan fingerprint density at radius 1 is 1.29 bits per heavy atom. The highest BCUT2D eigenvalue weighted by Crippen LogP contribution is 2.35. The van der Waals surface area contributed by atoms with Crippen molar-refractivity contribution in [2.75, 3.05) is 32.8 Å². The molecule has 0 aliphatic carbocycles. The lowest BCUT2D eigenvalue weighted by Crippen LogP contribution is -2.53. The van der Waals surface area contributed by atoms with E-state index in [1.165, 1.54) is 18.5 Å². The normalized spacial score (nSPS) is 32.7. The molecule has 2 fully saturated rings. The molecule has 1 unspecified atom stereocenters. The first-order chi connectivity index (χ1) is 10.1. The van der Waals surface area contributed by atoms with Gasteiger partial charge in [0.05, 0.1) is 31.3 Å². The number of likely N-dealkylation sites (tertiary alicyclic amines) is 1. The molecule has 0 amide bonds. The van der Waals surface area contributed by atoms with Crippen molar-refractivity contribution in [3.05, 3.63) is 33.8 Å². The number of ether oxygens (including phenoxy) is 1. The zero-order valence-corrected chi connectivity index (χ0v) is 13.7. The highest BCUT2D eigenvalue weighted by molar-refractivity contribution is 6.35. The third-order valence-electron chi connectivity index (χ3n) is 5.12. The van der Waals surface area contributed by atoms with Gasteiger partial charge in [-0.1, -0.05) is 29.3 Å². The first kappa shape index (κ1) is 15.6. The van der Waals surface area contributed by atoms with Gasteiger partial charge in [0.1, 0.15) is 12.6 Å². The molecule has 0 radical (unpaired) electrons. The number of nitrogens with zero attached hydrogens (tertiary/aromatic N) is 1. The van der Waals surface area contributed by atoms with E-state index < -0.39 is 0 Å². The summed E-state index contributed by atoms with van der Waals surface area (Å²) in [6, 6.07) is 6.42. The van der Waals surface area contributed by atoms with E-state index in [1.54, 1.807) is 0 Å². The average molecular weight is 330 g/mol. The zero-order valence-electron chi connectivity index (χ0n) is 12.2. The van der Waals surface area contributed by atoms with Gasteiger partial charge in [-0.2, -0.15) is 0 Å². The molecule has 2 aliphatic rings. The van der Waals surface area contributed by atoms with Crippen LogP contribution < -0.4 is 5.73 Å². The number of hydrogen-bond acceptors (Lipinski definition) is 2. The lowest BCUT2D eigenvalue weighted by Gasteiger charge is -2.40. The number of quaternary nitrogens is 1. The van der Waals surface area contributed by atoms with Crippen molar-refractivity contribution in [1.29, 1.82) is 0 Å². The van der Waals surface area contributed by atoms with Crippen molar-refractivity contribution < 1.29 is 9.22 Å². The zero-order chi connectivity index (χ0) is 14.9. The molecule has 3 nitrogen and oxygen atoms in total. The molecule has 0 bridgehead atoms. The summed E-state index contributed by atoms with van der Waals surface area (Å²) in [6.07, 6.45) is 2.35. The number of halogens is 2. The van der Waals surface area contributed by atoms with Crippen LogP contribution in [0, 0.1) is 5.92 Å². The van der Waals surface area contributed by atoms with Crippen molar-refractivity contribution in [3.63, 3.8) is 0 Å². The van der Waals surface area contributed by atoms with Crippen LogP contribution in [0.3, 0.4) is 0 Å². The second-order valence-electron chi connectivity index (χ2n) is 6.43. The first-order valence-electron chi connectivity index (χ1n) is 7.70. The maximum absolute atomic E-state index is 6.40. The van der Waals surface area contributed by atoms with Crippen LogP contribution in [-0.4, -0.2) is 43.4 Å². The molecule has 2 heterocycles. The fourth-order valence-electron chi connectivity index (χ4n) is 3.88. The number of benzene rings is 1. The van der Waals surface area contributed by atoms with Crippen LogP contribution in [-0.2, 0) is 11.3 Å². The van der Waals surface area contributed by atoms with Crippen molar-refractivity contribution in [3.8, 4) is 0 Å². The lowest BCUT2D eigenvalue weighted by molar-refractivity contribution is -0.952. The van der Waals surface area contributed by atoms with Gasteiger partial charge in [-0.3, -0.25) is 0 Å². The molecule has 0 saturated carbocycles. The Kier molecular flexibility index (Phi) is 4.77. The lowest BCUT2D eigenvalue weighted by atomic mass is 10.1. The van der Waals surface area contributed by atoms with E-state index in [0.29, 0.717) is 17.0 Å². The monoisotopic (exact) mass is 329 g/mol. The van der Waals surface area contributed by atoms with E-state index in [1.807, 2.05) is 12.1 Å². The smallest absolute Gasteiger partial charge is 0.115 e. The van der Waals surface area contributed by atoms with Gasteiger partial charge in [0.15, 0.2) is 0 Å². The molecular formula is C16H23Cl2N2O+. The highest BCUT2D eigenvalue weighted by Gasteiger charge is 2.45. The Labute approximate surface area is 136 Å². The van der Waals surface area contributed by atoms with Crippen molar-refractivity contribution in [2.24, 2.45) is 11.7 Å². The molecule has 2 saturated heterocycles. The number of hydrogen-bond donors (Lipinski definition) is 1. The Balaban J connectivity index is 1.85. The molecule has 2 N–H and O–H groups in total. The SMILES string of the molecule is NC[C@@H]1CC[N+](Cc2ccc(Cl)cc2Cl)([C@@H]2CCOC2)C1. The molecule has 0 spiro atoms. The second kappa shape index (κ2) is 6.43. The average Bonchev–Trinajstić information content (AvgIpc) is 3.12. The van der Waals surface area contributed by atoms with Crippen LogP contribution in [0.2, 0.25) is 10.0 Å². The third-order valence-corrected chi connectivity index (χ3v) is 5.71. The quantitative estimate of drug-likeness (QED) is 0.861. The van der Waals surface area contributed by atoms with E-state index in [0.717, 1.165) is 48.8 Å². The Hall–Kier alpha value is -0.320. The molecule has 0 aromatic heterocycles. The van der Waals surface area contributed by atoms with E-state index in [-0.39, 0.29) is 0 Å². The van der Waals surface area contributed by atoms with Gasteiger partial charge in [-0.15, -0.1) is 0 Å². The van der Waals surface area contributed by atoms with Gasteiger partial charge < -0.3 is 15.0 Å². The molecule has 5 heteroatoms. The first-order valence-corrected chi connectivity index (χ1v) is 8.46. The van der Waals surface area contributed by atoms with Crippen molar-refractivity contribution >= 4 is 23.2 Å². The van der Waals surface area contributed by atoms with Gasteiger partial charge in [0.2, 0.25) is 0 Å². The van der Waals surface area contributed by atoms with Crippen molar-refractivity contribution in [1.82, 2.24) is 0 Å².